The Hall–Kier alpha value is -1.38. The van der Waals surface area contributed by atoms with E-state index in [-0.39, 0.29) is 0 Å². The molecular weight excluding hydrogens is 303 g/mol. The minimum absolute atomic E-state index is 0.657. The first kappa shape index (κ1) is 16.0. The molecule has 2 rings (SSSR count). The van der Waals surface area contributed by atoms with Crippen molar-refractivity contribution in [3.05, 3.63) is 58.1 Å². The van der Waals surface area contributed by atoms with Gasteiger partial charge in [-0.05, 0) is 61.9 Å². The van der Waals surface area contributed by atoms with E-state index in [1.165, 1.54) is 5.69 Å². The maximum atomic E-state index is 6.16. The molecule has 0 aliphatic rings. The number of nitrogens with zero attached hydrogens (tertiary/aromatic N) is 1. The van der Waals surface area contributed by atoms with Crippen LogP contribution in [-0.4, -0.2) is 13.1 Å². The van der Waals surface area contributed by atoms with Gasteiger partial charge in [-0.1, -0.05) is 23.2 Å². The van der Waals surface area contributed by atoms with Gasteiger partial charge in [0.2, 0.25) is 0 Å². The van der Waals surface area contributed by atoms with E-state index in [1.54, 1.807) is 6.07 Å². The van der Waals surface area contributed by atoms with Crippen molar-refractivity contribution in [2.45, 2.75) is 20.4 Å². The first-order valence-corrected chi connectivity index (χ1v) is 7.92. The Bertz CT molecular complexity index is 578. The smallest absolute Gasteiger partial charge is 0.0456 e. The lowest BCUT2D eigenvalue weighted by molar-refractivity contribution is 0.866. The van der Waals surface area contributed by atoms with Crippen molar-refractivity contribution < 1.29 is 0 Å². The molecule has 0 bridgehead atoms. The molecule has 0 atom stereocenters. The molecule has 2 aromatic rings. The number of halogens is 2. The molecule has 2 aromatic carbocycles. The molecule has 0 unspecified atom stereocenters. The summed E-state index contributed by atoms with van der Waals surface area (Å²) >= 11 is 12.2. The van der Waals surface area contributed by atoms with E-state index in [9.17, 15) is 0 Å². The van der Waals surface area contributed by atoms with Gasteiger partial charge in [-0.15, -0.1) is 0 Å². The first-order chi connectivity index (χ1) is 10.1. The summed E-state index contributed by atoms with van der Waals surface area (Å²) in [7, 11) is 0. The lowest BCUT2D eigenvalue weighted by atomic mass is 10.2. The van der Waals surface area contributed by atoms with Crippen LogP contribution in [0.25, 0.3) is 0 Å². The van der Waals surface area contributed by atoms with E-state index >= 15 is 0 Å². The first-order valence-electron chi connectivity index (χ1n) is 7.16. The minimum atomic E-state index is 0.657. The maximum Gasteiger partial charge on any atom is 0.0456 e. The van der Waals surface area contributed by atoms with Crippen molar-refractivity contribution in [3.8, 4) is 0 Å². The van der Waals surface area contributed by atoms with E-state index in [0.717, 1.165) is 29.4 Å². The van der Waals surface area contributed by atoms with Crippen LogP contribution in [0.15, 0.2) is 42.5 Å². The molecule has 0 saturated carbocycles. The van der Waals surface area contributed by atoms with E-state index < -0.39 is 0 Å². The van der Waals surface area contributed by atoms with Crippen molar-refractivity contribution in [1.29, 1.82) is 0 Å². The predicted octanol–water partition coefficient (Wildman–Crippen LogP) is 5.45. The zero-order chi connectivity index (χ0) is 15.2. The molecule has 0 aliphatic heterocycles. The third-order valence-corrected chi connectivity index (χ3v) is 4.09. The summed E-state index contributed by atoms with van der Waals surface area (Å²) in [5.74, 6) is 0. The van der Waals surface area contributed by atoms with Crippen LogP contribution in [0.5, 0.6) is 0 Å². The van der Waals surface area contributed by atoms with Crippen LogP contribution < -0.4 is 10.2 Å². The average Bonchev–Trinajstić information content (AvgIpc) is 2.51. The van der Waals surface area contributed by atoms with E-state index in [2.05, 4.69) is 48.3 Å². The third-order valence-electron chi connectivity index (χ3n) is 3.49. The Balaban J connectivity index is 2.02. The summed E-state index contributed by atoms with van der Waals surface area (Å²) in [5.41, 5.74) is 3.31. The van der Waals surface area contributed by atoms with Gasteiger partial charge in [-0.2, -0.15) is 0 Å². The molecule has 0 spiro atoms. The number of benzene rings is 2. The molecule has 0 fully saturated rings. The highest BCUT2D eigenvalue weighted by Crippen LogP contribution is 2.23. The van der Waals surface area contributed by atoms with Crippen molar-refractivity contribution in [2.75, 3.05) is 23.3 Å². The lowest BCUT2D eigenvalue weighted by Gasteiger charge is -2.21. The molecule has 0 aromatic heterocycles. The Labute approximate surface area is 136 Å². The Morgan fingerprint density at radius 1 is 0.952 bits per heavy atom. The summed E-state index contributed by atoms with van der Waals surface area (Å²) < 4.78 is 0. The molecular formula is C17H20Cl2N2. The van der Waals surface area contributed by atoms with E-state index in [4.69, 9.17) is 23.2 Å². The van der Waals surface area contributed by atoms with Gasteiger partial charge >= 0.3 is 0 Å². The minimum Gasteiger partial charge on any atom is -0.381 e. The third kappa shape index (κ3) is 4.29. The van der Waals surface area contributed by atoms with Crippen molar-refractivity contribution in [1.82, 2.24) is 0 Å². The monoisotopic (exact) mass is 322 g/mol. The highest BCUT2D eigenvalue weighted by Gasteiger charge is 2.03. The van der Waals surface area contributed by atoms with Crippen LogP contribution in [0.3, 0.4) is 0 Å². The summed E-state index contributed by atoms with van der Waals surface area (Å²) in [6, 6.07) is 14.0. The quantitative estimate of drug-likeness (QED) is 0.760. The summed E-state index contributed by atoms with van der Waals surface area (Å²) in [5, 5.41) is 4.80. The normalized spacial score (nSPS) is 10.5. The van der Waals surface area contributed by atoms with Crippen molar-refractivity contribution >= 4 is 34.6 Å². The second-order valence-electron chi connectivity index (χ2n) is 4.81. The Morgan fingerprint density at radius 2 is 1.62 bits per heavy atom. The average molecular weight is 323 g/mol. The molecule has 0 saturated heterocycles. The highest BCUT2D eigenvalue weighted by molar-refractivity contribution is 6.33. The topological polar surface area (TPSA) is 15.3 Å². The molecule has 0 heterocycles. The molecule has 4 heteroatoms. The second kappa shape index (κ2) is 7.58. The summed E-state index contributed by atoms with van der Waals surface area (Å²) in [4.78, 5) is 2.32. The second-order valence-corrected chi connectivity index (χ2v) is 5.65. The van der Waals surface area contributed by atoms with Gasteiger partial charge in [0.05, 0.1) is 0 Å². The molecule has 1 N–H and O–H groups in total. The van der Waals surface area contributed by atoms with Gasteiger partial charge in [0.1, 0.15) is 0 Å². The fourth-order valence-electron chi connectivity index (χ4n) is 2.25. The number of hydrogen-bond donors (Lipinski definition) is 1. The zero-order valence-electron chi connectivity index (χ0n) is 12.4. The Morgan fingerprint density at radius 3 is 2.24 bits per heavy atom. The molecule has 0 radical (unpaired) electrons. The largest absolute Gasteiger partial charge is 0.381 e. The van der Waals surface area contributed by atoms with Crippen LogP contribution in [-0.2, 0) is 6.54 Å². The van der Waals surface area contributed by atoms with Crippen LogP contribution in [0, 0.1) is 0 Å². The van der Waals surface area contributed by atoms with Crippen LogP contribution in [0.2, 0.25) is 10.0 Å². The van der Waals surface area contributed by atoms with Crippen molar-refractivity contribution in [3.63, 3.8) is 0 Å². The van der Waals surface area contributed by atoms with Gasteiger partial charge in [0, 0.05) is 41.1 Å². The van der Waals surface area contributed by atoms with Gasteiger partial charge in [0.15, 0.2) is 0 Å². The summed E-state index contributed by atoms with van der Waals surface area (Å²) in [6.45, 7) is 7.01. The molecule has 0 amide bonds. The summed E-state index contributed by atoms with van der Waals surface area (Å²) in [6.07, 6.45) is 0. The number of hydrogen-bond acceptors (Lipinski definition) is 2. The van der Waals surface area contributed by atoms with Gasteiger partial charge in [-0.3, -0.25) is 0 Å². The van der Waals surface area contributed by atoms with Crippen LogP contribution in [0.4, 0.5) is 11.4 Å². The van der Waals surface area contributed by atoms with Gasteiger partial charge in [-0.25, -0.2) is 0 Å². The van der Waals surface area contributed by atoms with Crippen molar-refractivity contribution in [2.24, 2.45) is 0 Å². The highest BCUT2D eigenvalue weighted by atomic mass is 35.5. The SMILES string of the molecule is CCN(CC)c1ccc(NCc2cc(Cl)ccc2Cl)cc1. The van der Waals surface area contributed by atoms with E-state index in [0.29, 0.717) is 11.6 Å². The zero-order valence-corrected chi connectivity index (χ0v) is 13.9. The number of anilines is 2. The number of nitrogens with one attached hydrogen (secondary N) is 1. The standard InChI is InChI=1S/C17H20Cl2N2/c1-3-21(4-2)16-8-6-15(7-9-16)20-12-13-11-14(18)5-10-17(13)19/h5-11,20H,3-4,12H2,1-2H3. The number of rotatable bonds is 6. The van der Waals surface area contributed by atoms with Gasteiger partial charge < -0.3 is 10.2 Å². The maximum absolute atomic E-state index is 6.16. The Kier molecular flexibility index (Phi) is 5.77. The fraction of sp³-hybridized carbons (Fsp3) is 0.294. The molecule has 112 valence electrons. The molecule has 2 nitrogen and oxygen atoms in total. The van der Waals surface area contributed by atoms with Crippen LogP contribution in [0.1, 0.15) is 19.4 Å². The van der Waals surface area contributed by atoms with E-state index in [1.807, 2.05) is 12.1 Å². The molecule has 0 aliphatic carbocycles. The predicted molar refractivity (Wildman–Crippen MR) is 93.8 cm³/mol. The fourth-order valence-corrected chi connectivity index (χ4v) is 2.63. The van der Waals surface area contributed by atoms with Gasteiger partial charge in [0.25, 0.3) is 0 Å². The lowest BCUT2D eigenvalue weighted by Crippen LogP contribution is -2.21. The van der Waals surface area contributed by atoms with Crippen LogP contribution >= 0.6 is 23.2 Å². The molecule has 21 heavy (non-hydrogen) atoms.